The minimum Gasteiger partial charge on any atom is -0.465 e. The first-order valence-corrected chi connectivity index (χ1v) is 11.5. The molecule has 10 heteroatoms. The number of aromatic nitrogens is 3. The third-order valence-electron chi connectivity index (χ3n) is 7.21. The molecule has 3 aliphatic rings. The number of fused-ring (bicyclic) bond motifs is 1. The Morgan fingerprint density at radius 3 is 2.50 bits per heavy atom. The van der Waals surface area contributed by atoms with Gasteiger partial charge in [-0.2, -0.15) is 5.10 Å². The Balaban J connectivity index is 1.38. The first kappa shape index (κ1) is 21.5. The van der Waals surface area contributed by atoms with E-state index in [-0.39, 0.29) is 43.2 Å². The molecule has 0 aliphatic heterocycles. The number of alkyl halides is 2. The molecule has 32 heavy (non-hydrogen) atoms. The van der Waals surface area contributed by atoms with Gasteiger partial charge in [0, 0.05) is 31.0 Å². The van der Waals surface area contributed by atoms with E-state index < -0.39 is 18.1 Å². The van der Waals surface area contributed by atoms with E-state index in [9.17, 15) is 18.7 Å². The van der Waals surface area contributed by atoms with Gasteiger partial charge in [0.1, 0.15) is 0 Å². The van der Waals surface area contributed by atoms with E-state index >= 15 is 0 Å². The largest absolute Gasteiger partial charge is 0.465 e. The maximum atomic E-state index is 13.6. The average molecular weight is 449 g/mol. The van der Waals surface area contributed by atoms with Gasteiger partial charge in [-0.3, -0.25) is 0 Å². The Hall–Kier alpha value is -2.33. The van der Waals surface area contributed by atoms with Gasteiger partial charge in [-0.1, -0.05) is 0 Å². The second kappa shape index (κ2) is 7.91. The number of nitrogens with two attached hydrogens (primary N) is 1. The van der Waals surface area contributed by atoms with E-state index in [1.54, 1.807) is 10.7 Å². The lowest BCUT2D eigenvalue weighted by molar-refractivity contribution is -0.0495. The molecular weight excluding hydrogens is 418 g/mol. The molecule has 0 aromatic carbocycles. The quantitative estimate of drug-likeness (QED) is 0.492. The summed E-state index contributed by atoms with van der Waals surface area (Å²) >= 11 is 0. The molecule has 174 valence electrons. The highest BCUT2D eigenvalue weighted by atomic mass is 19.3. The number of carbonyl (C=O) groups is 1. The molecule has 5 N–H and O–H groups in total. The van der Waals surface area contributed by atoms with E-state index in [1.807, 2.05) is 12.3 Å². The summed E-state index contributed by atoms with van der Waals surface area (Å²) in [7, 11) is 0. The lowest BCUT2D eigenvalue weighted by atomic mass is 9.81. The molecule has 0 saturated heterocycles. The smallest absolute Gasteiger partial charge is 0.405 e. The van der Waals surface area contributed by atoms with E-state index in [0.717, 1.165) is 37.8 Å². The molecule has 3 fully saturated rings. The highest BCUT2D eigenvalue weighted by Crippen LogP contribution is 2.43. The molecule has 0 bridgehead atoms. The Morgan fingerprint density at radius 1 is 1.19 bits per heavy atom. The van der Waals surface area contributed by atoms with Crippen LogP contribution in [0.5, 0.6) is 0 Å². The molecule has 2 atom stereocenters. The predicted octanol–water partition coefficient (Wildman–Crippen LogP) is 3.40. The summed E-state index contributed by atoms with van der Waals surface area (Å²) in [6.45, 7) is 0.774. The number of imidazole rings is 1. The first-order chi connectivity index (χ1) is 15.2. The summed E-state index contributed by atoms with van der Waals surface area (Å²) in [4.78, 5) is 16.1. The standard InChI is InChI=1S/C22H30F2N6O2/c23-22(24)5-3-14(4-6-22)19(29-20(31)32)16-11-30-17(28-16)9-15(10-27-30)18(13-1-2-13)26-12-21(25)7-8-21/h9-11,13-14,18-19,26,29H,1-8,12,25H2,(H,31,32)/t18-,19+/m1/s1. The zero-order valence-corrected chi connectivity index (χ0v) is 17.9. The van der Waals surface area contributed by atoms with Crippen LogP contribution in [-0.2, 0) is 0 Å². The van der Waals surface area contributed by atoms with Crippen LogP contribution < -0.4 is 16.4 Å². The van der Waals surface area contributed by atoms with Crippen molar-refractivity contribution in [2.45, 2.75) is 74.9 Å². The maximum absolute atomic E-state index is 13.6. The van der Waals surface area contributed by atoms with Crippen molar-refractivity contribution in [2.24, 2.45) is 17.6 Å². The monoisotopic (exact) mass is 448 g/mol. The van der Waals surface area contributed by atoms with Crippen molar-refractivity contribution in [1.29, 1.82) is 0 Å². The van der Waals surface area contributed by atoms with Crippen LogP contribution in [0.3, 0.4) is 0 Å². The molecule has 3 aliphatic carbocycles. The number of nitrogens with zero attached hydrogens (tertiary/aromatic N) is 3. The molecule has 1 amide bonds. The molecule has 2 heterocycles. The molecule has 0 spiro atoms. The number of amides is 1. The maximum Gasteiger partial charge on any atom is 0.405 e. The Morgan fingerprint density at radius 2 is 1.88 bits per heavy atom. The fourth-order valence-electron chi connectivity index (χ4n) is 4.83. The van der Waals surface area contributed by atoms with Crippen LogP contribution in [0.15, 0.2) is 18.5 Å². The summed E-state index contributed by atoms with van der Waals surface area (Å²) in [5, 5.41) is 20.0. The molecule has 0 radical (unpaired) electrons. The normalized spacial score (nSPS) is 24.2. The van der Waals surface area contributed by atoms with Crippen molar-refractivity contribution in [2.75, 3.05) is 6.54 Å². The van der Waals surface area contributed by atoms with Gasteiger partial charge in [-0.15, -0.1) is 0 Å². The Labute approximate surface area is 185 Å². The zero-order chi connectivity index (χ0) is 22.5. The second-order valence-corrected chi connectivity index (χ2v) is 9.94. The lowest BCUT2D eigenvalue weighted by Gasteiger charge is -2.32. The van der Waals surface area contributed by atoms with Gasteiger partial charge < -0.3 is 21.5 Å². The summed E-state index contributed by atoms with van der Waals surface area (Å²) < 4.78 is 28.9. The summed E-state index contributed by atoms with van der Waals surface area (Å²) in [6, 6.07) is 1.51. The average Bonchev–Trinajstić information content (AvgIpc) is 3.66. The van der Waals surface area contributed by atoms with E-state index in [0.29, 0.717) is 17.3 Å². The summed E-state index contributed by atoms with van der Waals surface area (Å²) in [5.41, 5.74) is 8.35. The number of hydrogen-bond donors (Lipinski definition) is 4. The van der Waals surface area contributed by atoms with Gasteiger partial charge in [0.05, 0.1) is 24.1 Å². The second-order valence-electron chi connectivity index (χ2n) is 9.94. The fraction of sp³-hybridized carbons (Fsp3) is 0.682. The fourth-order valence-corrected chi connectivity index (χ4v) is 4.83. The van der Waals surface area contributed by atoms with Crippen LogP contribution in [0.2, 0.25) is 0 Å². The summed E-state index contributed by atoms with van der Waals surface area (Å²) in [6.07, 6.45) is 6.78. The van der Waals surface area contributed by atoms with Crippen LogP contribution in [0, 0.1) is 11.8 Å². The molecule has 0 unspecified atom stereocenters. The Kier molecular flexibility index (Phi) is 5.32. The minimum absolute atomic E-state index is 0.0856. The van der Waals surface area contributed by atoms with Gasteiger partial charge in [-0.05, 0) is 62.0 Å². The molecular formula is C22H30F2N6O2. The van der Waals surface area contributed by atoms with Gasteiger partial charge in [0.25, 0.3) is 0 Å². The number of hydrogen-bond acceptors (Lipinski definition) is 5. The van der Waals surface area contributed by atoms with E-state index in [1.165, 1.54) is 0 Å². The van der Waals surface area contributed by atoms with Crippen LogP contribution in [0.1, 0.15) is 74.7 Å². The Bertz CT molecular complexity index is 993. The first-order valence-electron chi connectivity index (χ1n) is 11.5. The van der Waals surface area contributed by atoms with Crippen LogP contribution in [-0.4, -0.2) is 43.8 Å². The number of halogens is 2. The molecule has 2 aromatic heterocycles. The van der Waals surface area contributed by atoms with E-state index in [2.05, 4.69) is 20.7 Å². The third kappa shape index (κ3) is 4.71. The van der Waals surface area contributed by atoms with Crippen molar-refractivity contribution in [3.05, 3.63) is 29.7 Å². The van der Waals surface area contributed by atoms with Crippen LogP contribution in [0.25, 0.3) is 5.65 Å². The molecule has 8 nitrogen and oxygen atoms in total. The third-order valence-corrected chi connectivity index (χ3v) is 7.21. The minimum atomic E-state index is -2.67. The van der Waals surface area contributed by atoms with Crippen LogP contribution >= 0.6 is 0 Å². The molecule has 2 aromatic rings. The van der Waals surface area contributed by atoms with Gasteiger partial charge >= 0.3 is 6.09 Å². The summed E-state index contributed by atoms with van der Waals surface area (Å²) in [5.74, 6) is -2.34. The van der Waals surface area contributed by atoms with Crippen molar-refractivity contribution in [3.8, 4) is 0 Å². The molecule has 5 rings (SSSR count). The van der Waals surface area contributed by atoms with Crippen molar-refractivity contribution in [1.82, 2.24) is 25.2 Å². The van der Waals surface area contributed by atoms with Crippen molar-refractivity contribution in [3.63, 3.8) is 0 Å². The SMILES string of the molecule is NC1(CN[C@@H](c2cnn3cc([C@@H](NC(=O)O)C4CCC(F)(F)CC4)nc3c2)C2CC2)CC1. The van der Waals surface area contributed by atoms with Crippen LogP contribution in [0.4, 0.5) is 13.6 Å². The number of carboxylic acid groups (broad SMARTS) is 1. The van der Waals surface area contributed by atoms with Crippen molar-refractivity contribution < 1.29 is 18.7 Å². The zero-order valence-electron chi connectivity index (χ0n) is 17.9. The predicted molar refractivity (Wildman–Crippen MR) is 113 cm³/mol. The van der Waals surface area contributed by atoms with Gasteiger partial charge in [-0.25, -0.2) is 23.1 Å². The van der Waals surface area contributed by atoms with Gasteiger partial charge in [0.15, 0.2) is 5.65 Å². The van der Waals surface area contributed by atoms with E-state index in [4.69, 9.17) is 5.73 Å². The lowest BCUT2D eigenvalue weighted by Crippen LogP contribution is -2.38. The highest BCUT2D eigenvalue weighted by Gasteiger charge is 2.41. The van der Waals surface area contributed by atoms with Gasteiger partial charge in [0.2, 0.25) is 5.92 Å². The van der Waals surface area contributed by atoms with Crippen molar-refractivity contribution >= 4 is 11.7 Å². The highest BCUT2D eigenvalue weighted by molar-refractivity contribution is 5.65. The number of nitrogens with one attached hydrogen (secondary N) is 2. The molecule has 3 saturated carbocycles. The topological polar surface area (TPSA) is 118 Å². The number of rotatable bonds is 8.